The molecule has 4 atom stereocenters. The van der Waals surface area contributed by atoms with Crippen LogP contribution in [0.5, 0.6) is 0 Å². The molecule has 2 saturated heterocycles. The Bertz CT molecular complexity index is 177. The van der Waals surface area contributed by atoms with Crippen LogP contribution in [0.4, 0.5) is 0 Å². The van der Waals surface area contributed by atoms with Crippen LogP contribution >= 0.6 is 0 Å². The van der Waals surface area contributed by atoms with Gasteiger partial charge in [0.1, 0.15) is 5.60 Å². The first-order valence-corrected chi connectivity index (χ1v) is 3.66. The smallest absolute Gasteiger partial charge is 0.111 e. The van der Waals surface area contributed by atoms with Gasteiger partial charge in [0.05, 0.1) is 18.8 Å². The minimum atomic E-state index is -0.898. The van der Waals surface area contributed by atoms with Gasteiger partial charge in [-0.15, -0.1) is 0 Å². The number of fused-ring (bicyclic) bond motifs is 2. The Morgan fingerprint density at radius 1 is 1.58 bits per heavy atom. The third-order valence-corrected chi connectivity index (χ3v) is 2.53. The minimum absolute atomic E-state index is 0. The van der Waals surface area contributed by atoms with Gasteiger partial charge in [0.15, 0.2) is 0 Å². The maximum absolute atomic E-state index is 9.51. The third kappa shape index (κ3) is 1.19. The summed E-state index contributed by atoms with van der Waals surface area (Å²) < 4.78 is 10.4. The van der Waals surface area contributed by atoms with Gasteiger partial charge in [-0.1, -0.05) is 0 Å². The molecule has 0 amide bonds. The van der Waals surface area contributed by atoms with Gasteiger partial charge in [0, 0.05) is 31.1 Å². The fourth-order valence-electron chi connectivity index (χ4n) is 1.67. The monoisotopic (exact) mass is 397 g/mol. The van der Waals surface area contributed by atoms with E-state index in [-0.39, 0.29) is 49.9 Å². The molecule has 0 spiro atoms. The van der Waals surface area contributed by atoms with Gasteiger partial charge in [-0.05, 0) is 13.0 Å². The molecule has 68 valence electrons. The van der Waals surface area contributed by atoms with Gasteiger partial charge in [-0.25, -0.2) is 0 Å². The van der Waals surface area contributed by atoms with Gasteiger partial charge in [0.25, 0.3) is 0 Å². The quantitative estimate of drug-likeness (QED) is 0.561. The molecule has 0 aliphatic carbocycles. The van der Waals surface area contributed by atoms with Crippen LogP contribution < -0.4 is 0 Å². The average Bonchev–Trinajstić information content (AvgIpc) is 2.42. The number of rotatable bonds is 1. The second kappa shape index (κ2) is 3.57. The van der Waals surface area contributed by atoms with Crippen molar-refractivity contribution in [3.63, 3.8) is 0 Å². The first-order chi connectivity index (χ1) is 5.20. The molecular weight excluding hydrogens is 386 g/mol. The Kier molecular flexibility index (Phi) is 3.26. The van der Waals surface area contributed by atoms with E-state index >= 15 is 0 Å². The van der Waals surface area contributed by atoms with Gasteiger partial charge >= 0.3 is 0 Å². The fourth-order valence-corrected chi connectivity index (χ4v) is 1.67. The Hall–Kier alpha value is 0.892. The second-order valence-corrected chi connectivity index (χ2v) is 3.05. The summed E-state index contributed by atoms with van der Waals surface area (Å²) in [7, 11) is 0. The summed E-state index contributed by atoms with van der Waals surface area (Å²) in [5.41, 5.74) is -0.898. The molecule has 0 radical (unpaired) electrons. The van der Waals surface area contributed by atoms with Crippen molar-refractivity contribution in [2.75, 3.05) is 6.61 Å². The number of aliphatic hydroxyl groups is 2. The largest absolute Gasteiger partial charge is 0.539 e. The number of hydrogen-bond acceptors (Lipinski definition) is 4. The first kappa shape index (κ1) is 11.0. The van der Waals surface area contributed by atoms with Crippen molar-refractivity contribution in [3.8, 4) is 0 Å². The third-order valence-electron chi connectivity index (χ3n) is 2.53. The Labute approximate surface area is 94.6 Å². The molecule has 12 heavy (non-hydrogen) atoms. The van der Waals surface area contributed by atoms with Crippen molar-refractivity contribution in [2.24, 2.45) is 0 Å². The van der Waals surface area contributed by atoms with Crippen molar-refractivity contribution >= 4 is 0 Å². The van der Waals surface area contributed by atoms with E-state index in [1.54, 1.807) is 6.92 Å². The standard InChI is InChI=1S/C7H11O4.U/c1-4-7(3-8)6(9)5(11-4)2-10-7;/h2,4-6,8-9H,3H2,1H3;/q-1;/t4-,5-,6-,7-;/m0./s1. The Balaban J connectivity index is 0.000000720. The summed E-state index contributed by atoms with van der Waals surface area (Å²) in [5.74, 6) is 0. The van der Waals surface area contributed by atoms with Crippen molar-refractivity contribution in [1.29, 1.82) is 0 Å². The molecule has 2 aliphatic heterocycles. The summed E-state index contributed by atoms with van der Waals surface area (Å²) in [6.45, 7) is 3.02. The molecule has 2 rings (SSSR count). The number of aliphatic hydroxyl groups excluding tert-OH is 2. The summed E-state index contributed by atoms with van der Waals surface area (Å²) in [4.78, 5) is 0. The summed E-state index contributed by atoms with van der Waals surface area (Å²) in [6.07, 6.45) is -1.32. The Morgan fingerprint density at radius 2 is 2.25 bits per heavy atom. The number of ether oxygens (including phenoxy) is 2. The maximum atomic E-state index is 9.51. The molecule has 2 fully saturated rings. The van der Waals surface area contributed by atoms with E-state index in [2.05, 4.69) is 0 Å². The van der Waals surface area contributed by atoms with Crippen molar-refractivity contribution < 1.29 is 50.8 Å². The van der Waals surface area contributed by atoms with E-state index in [1.807, 2.05) is 0 Å². The number of hydrogen-bond donors (Lipinski definition) is 2. The van der Waals surface area contributed by atoms with Gasteiger partial charge in [0.2, 0.25) is 0 Å². The van der Waals surface area contributed by atoms with Gasteiger partial charge < -0.3 is 19.7 Å². The van der Waals surface area contributed by atoms with Crippen LogP contribution in [0.3, 0.4) is 0 Å². The van der Waals surface area contributed by atoms with Crippen LogP contribution in [-0.2, 0) is 9.47 Å². The topological polar surface area (TPSA) is 58.9 Å². The summed E-state index contributed by atoms with van der Waals surface area (Å²) >= 11 is 0. The fraction of sp³-hybridized carbons (Fsp3) is 0.857. The first-order valence-electron chi connectivity index (χ1n) is 3.66. The molecule has 2 heterocycles. The van der Waals surface area contributed by atoms with Crippen molar-refractivity contribution in [2.45, 2.75) is 30.8 Å². The minimum Gasteiger partial charge on any atom is -0.539 e. The molecule has 0 aromatic rings. The van der Waals surface area contributed by atoms with E-state index < -0.39 is 11.7 Å². The molecule has 2 bridgehead atoms. The molecular formula is C7H11O4U-. The van der Waals surface area contributed by atoms with E-state index in [0.717, 1.165) is 0 Å². The van der Waals surface area contributed by atoms with Crippen LogP contribution in [0.15, 0.2) is 0 Å². The zero-order chi connectivity index (χ0) is 8.06. The molecule has 0 aromatic heterocycles. The second-order valence-electron chi connectivity index (χ2n) is 3.05. The van der Waals surface area contributed by atoms with Crippen molar-refractivity contribution in [1.82, 2.24) is 0 Å². The van der Waals surface area contributed by atoms with E-state index in [0.29, 0.717) is 0 Å². The molecule has 0 unspecified atom stereocenters. The zero-order valence-corrected chi connectivity index (χ0v) is 10.9. The van der Waals surface area contributed by atoms with Gasteiger partial charge in [-0.3, -0.25) is 0 Å². The molecule has 2 aliphatic rings. The zero-order valence-electron chi connectivity index (χ0n) is 6.73. The van der Waals surface area contributed by atoms with Crippen molar-refractivity contribution in [3.05, 3.63) is 6.61 Å². The molecule has 4 nitrogen and oxygen atoms in total. The van der Waals surface area contributed by atoms with Crippen LogP contribution in [0.1, 0.15) is 6.92 Å². The van der Waals surface area contributed by atoms with Crippen LogP contribution in [0.25, 0.3) is 0 Å². The molecule has 2 N–H and O–H groups in total. The molecule has 5 heteroatoms. The van der Waals surface area contributed by atoms with Crippen LogP contribution in [0.2, 0.25) is 0 Å². The normalized spacial score (nSPS) is 50.8. The van der Waals surface area contributed by atoms with E-state index in [1.165, 1.54) is 6.61 Å². The summed E-state index contributed by atoms with van der Waals surface area (Å²) in [6, 6.07) is 0. The predicted octanol–water partition coefficient (Wildman–Crippen LogP) is -0.942. The summed E-state index contributed by atoms with van der Waals surface area (Å²) in [5, 5.41) is 18.5. The van der Waals surface area contributed by atoms with Crippen LogP contribution in [0, 0.1) is 37.7 Å². The van der Waals surface area contributed by atoms with Crippen LogP contribution in [-0.4, -0.2) is 40.7 Å². The predicted molar refractivity (Wildman–Crippen MR) is 35.5 cm³/mol. The Morgan fingerprint density at radius 3 is 2.50 bits per heavy atom. The van der Waals surface area contributed by atoms with Gasteiger partial charge in [-0.2, -0.15) is 6.61 Å². The molecule has 0 aromatic carbocycles. The van der Waals surface area contributed by atoms with E-state index in [4.69, 9.17) is 14.6 Å². The molecule has 0 saturated carbocycles. The SMILES string of the molecule is C[C@@H]1O[C@H]2[CH-]O[C@]1(CO)[C@H]2O.[U]. The van der Waals surface area contributed by atoms with E-state index in [9.17, 15) is 5.11 Å². The maximum Gasteiger partial charge on any atom is 0.111 e. The average molecular weight is 397 g/mol.